The fourth-order valence-corrected chi connectivity index (χ4v) is 4.37. The minimum Gasteiger partial charge on any atom is -0.299 e. The summed E-state index contributed by atoms with van der Waals surface area (Å²) in [6.45, 7) is 22.8. The van der Waals surface area contributed by atoms with E-state index in [9.17, 15) is 9.18 Å². The van der Waals surface area contributed by atoms with E-state index in [-0.39, 0.29) is 31.7 Å². The molecule has 0 radical (unpaired) electrons. The molecule has 2 heteroatoms. The largest absolute Gasteiger partial charge is 0.299 e. The van der Waals surface area contributed by atoms with E-state index in [1.54, 1.807) is 6.08 Å². The summed E-state index contributed by atoms with van der Waals surface area (Å²) in [5, 5.41) is 0. The molecule has 0 aliphatic rings. The minimum absolute atomic E-state index is 0. The predicted molar refractivity (Wildman–Crippen MR) is 152 cm³/mol. The maximum Gasteiger partial charge on any atom is 0.140 e. The van der Waals surface area contributed by atoms with Crippen molar-refractivity contribution in [2.75, 3.05) is 0 Å². The molecular weight excluding hydrogens is 431 g/mol. The summed E-state index contributed by atoms with van der Waals surface area (Å²) in [5.74, 6) is -0.0927. The average molecular weight is 477 g/mol. The van der Waals surface area contributed by atoms with Crippen molar-refractivity contribution < 1.29 is 12.0 Å². The molecule has 0 fully saturated rings. The van der Waals surface area contributed by atoms with E-state index in [1.807, 2.05) is 24.3 Å². The first-order valence-electron chi connectivity index (χ1n) is 12.6. The zero-order chi connectivity index (χ0) is 26.2. The molecule has 2 aromatic rings. The molecule has 2 atom stereocenters. The summed E-state index contributed by atoms with van der Waals surface area (Å²) in [6, 6.07) is 15.2. The molecule has 0 bridgehead atoms. The summed E-state index contributed by atoms with van der Waals surface area (Å²) in [7, 11) is 0. The Kier molecular flexibility index (Phi) is 10.2. The van der Waals surface area contributed by atoms with Gasteiger partial charge in [-0.1, -0.05) is 96.7 Å². The summed E-state index contributed by atoms with van der Waals surface area (Å²) in [5.41, 5.74) is 7.14. The maximum absolute atomic E-state index is 14.8. The number of halogens is 1. The molecule has 0 aromatic heterocycles. The van der Waals surface area contributed by atoms with Crippen molar-refractivity contribution in [2.45, 2.75) is 66.2 Å². The molecule has 35 heavy (non-hydrogen) atoms. The highest BCUT2D eigenvalue weighted by molar-refractivity contribution is 5.84. The van der Waals surface area contributed by atoms with E-state index in [1.165, 1.54) is 17.7 Å². The molecule has 0 spiro atoms. The number of rotatable bonds is 13. The van der Waals surface area contributed by atoms with Crippen LogP contribution in [0.25, 0.3) is 5.57 Å². The number of hydrogen-bond acceptors (Lipinski definition) is 1. The monoisotopic (exact) mass is 476 g/mol. The number of benzene rings is 2. The second kappa shape index (κ2) is 12.7. The first kappa shape index (κ1) is 28.3. The van der Waals surface area contributed by atoms with Crippen LogP contribution in [-0.2, 0) is 11.2 Å². The van der Waals surface area contributed by atoms with Crippen LogP contribution in [0.2, 0.25) is 0 Å². The van der Waals surface area contributed by atoms with Gasteiger partial charge < -0.3 is 0 Å². The van der Waals surface area contributed by atoms with Crippen LogP contribution in [0, 0.1) is 23.1 Å². The van der Waals surface area contributed by atoms with Crippen LogP contribution in [-0.4, -0.2) is 5.78 Å². The van der Waals surface area contributed by atoms with Gasteiger partial charge in [0.2, 0.25) is 0 Å². The summed E-state index contributed by atoms with van der Waals surface area (Å²) in [6.07, 6.45) is 4.49. The van der Waals surface area contributed by atoms with Crippen LogP contribution in [0.1, 0.15) is 79.3 Å². The smallest absolute Gasteiger partial charge is 0.140 e. The van der Waals surface area contributed by atoms with Gasteiger partial charge in [0.15, 0.2) is 0 Å². The van der Waals surface area contributed by atoms with E-state index in [4.69, 9.17) is 0 Å². The van der Waals surface area contributed by atoms with Crippen molar-refractivity contribution >= 4 is 11.4 Å². The Balaban J connectivity index is 0.00000648. The Bertz CT molecular complexity index is 1090. The van der Waals surface area contributed by atoms with Gasteiger partial charge in [-0.3, -0.25) is 4.79 Å². The number of carbonyl (C=O) groups excluding carboxylic acids is 1. The molecule has 2 aromatic carbocycles. The maximum atomic E-state index is 14.8. The van der Waals surface area contributed by atoms with Crippen LogP contribution < -0.4 is 0 Å². The van der Waals surface area contributed by atoms with E-state index >= 15 is 0 Å². The molecule has 0 N–H and O–H groups in total. The highest BCUT2D eigenvalue weighted by Crippen LogP contribution is 2.37. The second-order valence-electron chi connectivity index (χ2n) is 10.5. The lowest BCUT2D eigenvalue weighted by molar-refractivity contribution is -0.124. The molecule has 0 aliphatic carbocycles. The van der Waals surface area contributed by atoms with Gasteiger partial charge in [0.25, 0.3) is 0 Å². The van der Waals surface area contributed by atoms with Gasteiger partial charge in [-0.15, -0.1) is 12.3 Å². The lowest BCUT2D eigenvalue weighted by Gasteiger charge is -2.29. The van der Waals surface area contributed by atoms with Gasteiger partial charge in [-0.25, -0.2) is 4.39 Å². The highest BCUT2D eigenvalue weighted by Gasteiger charge is 2.29. The lowest BCUT2D eigenvalue weighted by Crippen LogP contribution is -2.27. The van der Waals surface area contributed by atoms with Crippen LogP contribution in [0.3, 0.4) is 0 Å². The molecule has 190 valence electrons. The fraction of sp³-hybridized carbons (Fsp3) is 0.394. The minimum atomic E-state index is -0.362. The van der Waals surface area contributed by atoms with Crippen molar-refractivity contribution in [3.63, 3.8) is 0 Å². The third kappa shape index (κ3) is 7.51. The first-order valence-corrected chi connectivity index (χ1v) is 12.6. The number of Topliss-reactive ketones (excluding diaryl/α,β-unsaturated/α-hetero) is 1. The summed E-state index contributed by atoms with van der Waals surface area (Å²) in [4.78, 5) is 13.1. The fourth-order valence-electron chi connectivity index (χ4n) is 4.37. The quantitative estimate of drug-likeness (QED) is 0.160. The molecule has 0 saturated carbocycles. The van der Waals surface area contributed by atoms with E-state index < -0.39 is 0 Å². The van der Waals surface area contributed by atoms with Gasteiger partial charge in [0.1, 0.15) is 11.6 Å². The zero-order valence-corrected chi connectivity index (χ0v) is 22.2. The molecular formula is C33H45FO. The van der Waals surface area contributed by atoms with Crippen molar-refractivity contribution in [1.29, 1.82) is 0 Å². The Hall–Kier alpha value is -2.96. The number of carbonyl (C=O) groups is 1. The topological polar surface area (TPSA) is 17.1 Å². The molecule has 0 heterocycles. The lowest BCUT2D eigenvalue weighted by atomic mass is 9.74. The van der Waals surface area contributed by atoms with Gasteiger partial charge in [-0.2, -0.15) is 0 Å². The van der Waals surface area contributed by atoms with E-state index in [0.717, 1.165) is 29.6 Å². The standard InChI is InChI=1S/C33H41FO.2H2/c1-9-15-31(27-16-13-12-14-17-27)24(6)30(11-3)28-19-25(20-29(34)21-28)18-26(10-2)32(35)22-33(7,8)23(4)5;;/h10,12-14,16-17,19-21,23,26,31H,2-3,6,9,15,18,22H2,1,4-5,7-8H3;2*1H. The van der Waals surface area contributed by atoms with Crippen molar-refractivity contribution in [1.82, 2.24) is 0 Å². The predicted octanol–water partition coefficient (Wildman–Crippen LogP) is 9.61. The molecule has 2 unspecified atom stereocenters. The summed E-state index contributed by atoms with van der Waals surface area (Å²) >= 11 is 0. The van der Waals surface area contributed by atoms with Gasteiger partial charge in [0, 0.05) is 26.7 Å². The molecule has 0 amide bonds. The van der Waals surface area contributed by atoms with Gasteiger partial charge in [0.05, 0.1) is 0 Å². The SMILES string of the molecule is C=C=C(C(=C)C(CCC)c1ccccc1)c1cc(F)cc(CC(C=C)C(=O)CC(C)(C)C(C)C)c1.[HH].[HH]. The third-order valence-electron chi connectivity index (χ3n) is 7.29. The Morgan fingerprint density at radius 3 is 2.37 bits per heavy atom. The first-order chi connectivity index (χ1) is 16.5. The van der Waals surface area contributed by atoms with Gasteiger partial charge in [-0.05, 0) is 58.6 Å². The molecule has 1 nitrogen and oxygen atoms in total. The molecule has 0 saturated heterocycles. The van der Waals surface area contributed by atoms with Crippen LogP contribution in [0.5, 0.6) is 0 Å². The number of ketones is 1. The Morgan fingerprint density at radius 1 is 1.17 bits per heavy atom. The van der Waals surface area contributed by atoms with Crippen LogP contribution in [0.4, 0.5) is 4.39 Å². The Morgan fingerprint density at radius 2 is 1.83 bits per heavy atom. The molecule has 0 aliphatic heterocycles. The third-order valence-corrected chi connectivity index (χ3v) is 7.29. The normalized spacial score (nSPS) is 13.1. The highest BCUT2D eigenvalue weighted by atomic mass is 19.1. The Labute approximate surface area is 215 Å². The van der Waals surface area contributed by atoms with Crippen molar-refractivity contribution in [2.24, 2.45) is 17.3 Å². The van der Waals surface area contributed by atoms with Crippen LogP contribution in [0.15, 0.2) is 85.6 Å². The summed E-state index contributed by atoms with van der Waals surface area (Å²) < 4.78 is 14.8. The molecule has 2 rings (SSSR count). The van der Waals surface area contributed by atoms with Gasteiger partial charge >= 0.3 is 0 Å². The van der Waals surface area contributed by atoms with E-state index in [0.29, 0.717) is 24.3 Å². The number of hydrogen-bond donors (Lipinski definition) is 0. The van der Waals surface area contributed by atoms with Crippen molar-refractivity contribution in [3.8, 4) is 0 Å². The number of allylic oxidation sites excluding steroid dienone is 3. The zero-order valence-electron chi connectivity index (χ0n) is 22.2. The van der Waals surface area contributed by atoms with E-state index in [2.05, 4.69) is 72.2 Å². The van der Waals surface area contributed by atoms with Crippen molar-refractivity contribution in [3.05, 3.63) is 108 Å². The van der Waals surface area contributed by atoms with Crippen LogP contribution >= 0.6 is 0 Å². The second-order valence-corrected chi connectivity index (χ2v) is 10.5. The average Bonchev–Trinajstić information content (AvgIpc) is 2.81.